The minimum Gasteiger partial charge on any atom is -0.492 e. The number of likely N-dealkylation sites (N-methyl/N-ethyl adjacent to an activating group) is 1. The molecule has 0 aliphatic carbocycles. The Kier molecular flexibility index (Phi) is 5.63. The molecule has 0 spiro atoms. The standard InChI is InChI=1S/C17H15Cl2N3O2S/c1-21(8-10-24-13-4-2-12(18)3-5-13)15(23)7-6-14-16(19)20-17-22(14)9-11-25-17/h2-7,9,11H,8,10H2,1H3/b7-6+. The highest BCUT2D eigenvalue weighted by Crippen LogP contribution is 2.22. The fourth-order valence-corrected chi connectivity index (χ4v) is 3.28. The number of halogens is 2. The summed E-state index contributed by atoms with van der Waals surface area (Å²) >= 11 is 13.4. The molecule has 8 heteroatoms. The minimum atomic E-state index is -0.138. The van der Waals surface area contributed by atoms with Crippen molar-refractivity contribution in [3.8, 4) is 5.75 Å². The third kappa shape index (κ3) is 4.34. The fraction of sp³-hybridized carbons (Fsp3) is 0.176. The summed E-state index contributed by atoms with van der Waals surface area (Å²) in [7, 11) is 1.72. The average molecular weight is 396 g/mol. The maximum atomic E-state index is 12.2. The first kappa shape index (κ1) is 17.8. The van der Waals surface area contributed by atoms with E-state index in [2.05, 4.69) is 4.98 Å². The van der Waals surface area contributed by atoms with Crippen LogP contribution in [0.3, 0.4) is 0 Å². The largest absolute Gasteiger partial charge is 0.492 e. The van der Waals surface area contributed by atoms with Gasteiger partial charge in [-0.3, -0.25) is 9.20 Å². The Hall–Kier alpha value is -2.02. The third-order valence-corrected chi connectivity index (χ3v) is 4.81. The van der Waals surface area contributed by atoms with Crippen LogP contribution in [0.25, 0.3) is 11.0 Å². The van der Waals surface area contributed by atoms with Crippen molar-refractivity contribution in [2.45, 2.75) is 0 Å². The van der Waals surface area contributed by atoms with E-state index >= 15 is 0 Å². The van der Waals surface area contributed by atoms with Crippen LogP contribution in [0, 0.1) is 0 Å². The summed E-state index contributed by atoms with van der Waals surface area (Å²) in [6.45, 7) is 0.847. The summed E-state index contributed by atoms with van der Waals surface area (Å²) in [6, 6.07) is 7.10. The van der Waals surface area contributed by atoms with Crippen molar-refractivity contribution in [1.82, 2.24) is 14.3 Å². The van der Waals surface area contributed by atoms with Crippen molar-refractivity contribution >= 4 is 51.5 Å². The van der Waals surface area contributed by atoms with Gasteiger partial charge in [-0.15, -0.1) is 11.3 Å². The van der Waals surface area contributed by atoms with Crippen LogP contribution >= 0.6 is 34.5 Å². The van der Waals surface area contributed by atoms with Gasteiger partial charge in [-0.05, 0) is 30.3 Å². The molecule has 0 fully saturated rings. The predicted octanol–water partition coefficient (Wildman–Crippen LogP) is 4.25. The molecule has 0 bridgehead atoms. The molecule has 0 unspecified atom stereocenters. The molecule has 0 saturated carbocycles. The van der Waals surface area contributed by atoms with Gasteiger partial charge in [0.15, 0.2) is 10.1 Å². The van der Waals surface area contributed by atoms with Gasteiger partial charge >= 0.3 is 0 Å². The lowest BCUT2D eigenvalue weighted by atomic mass is 10.3. The second-order valence-corrected chi connectivity index (χ2v) is 6.91. The number of fused-ring (bicyclic) bond motifs is 1. The molecule has 2 aromatic heterocycles. The molecule has 1 amide bonds. The van der Waals surface area contributed by atoms with Gasteiger partial charge in [0.2, 0.25) is 5.91 Å². The van der Waals surface area contributed by atoms with E-state index in [0.29, 0.717) is 34.8 Å². The van der Waals surface area contributed by atoms with Crippen molar-refractivity contribution in [1.29, 1.82) is 0 Å². The lowest BCUT2D eigenvalue weighted by Crippen LogP contribution is -2.29. The highest BCUT2D eigenvalue weighted by molar-refractivity contribution is 7.15. The smallest absolute Gasteiger partial charge is 0.246 e. The SMILES string of the molecule is CN(CCOc1ccc(Cl)cc1)C(=O)/C=C/c1c(Cl)nc2sccn12. The van der Waals surface area contributed by atoms with E-state index in [1.807, 2.05) is 16.0 Å². The highest BCUT2D eigenvalue weighted by atomic mass is 35.5. The number of carbonyl (C=O) groups excluding carboxylic acids is 1. The maximum absolute atomic E-state index is 12.2. The number of thiazole rings is 1. The van der Waals surface area contributed by atoms with Crippen molar-refractivity contribution in [2.24, 2.45) is 0 Å². The summed E-state index contributed by atoms with van der Waals surface area (Å²) in [5, 5.41) is 2.95. The summed E-state index contributed by atoms with van der Waals surface area (Å²) < 4.78 is 7.44. The van der Waals surface area contributed by atoms with Crippen LogP contribution < -0.4 is 4.74 Å². The topological polar surface area (TPSA) is 46.8 Å². The van der Waals surface area contributed by atoms with Crippen molar-refractivity contribution < 1.29 is 9.53 Å². The average Bonchev–Trinajstić information content (AvgIpc) is 3.15. The quantitative estimate of drug-likeness (QED) is 0.586. The zero-order chi connectivity index (χ0) is 17.8. The fourth-order valence-electron chi connectivity index (χ4n) is 2.14. The van der Waals surface area contributed by atoms with Crippen molar-refractivity contribution in [2.75, 3.05) is 20.2 Å². The van der Waals surface area contributed by atoms with Gasteiger partial charge in [0.1, 0.15) is 12.4 Å². The highest BCUT2D eigenvalue weighted by Gasteiger charge is 2.10. The number of carbonyl (C=O) groups is 1. The molecule has 5 nitrogen and oxygen atoms in total. The maximum Gasteiger partial charge on any atom is 0.246 e. The number of ether oxygens (including phenoxy) is 1. The number of benzene rings is 1. The first-order valence-corrected chi connectivity index (χ1v) is 9.11. The molecule has 0 aliphatic heterocycles. The van der Waals surface area contributed by atoms with Crippen LogP contribution in [0.2, 0.25) is 10.2 Å². The lowest BCUT2D eigenvalue weighted by molar-refractivity contribution is -0.125. The van der Waals surface area contributed by atoms with Crippen molar-refractivity contribution in [3.63, 3.8) is 0 Å². The van der Waals surface area contributed by atoms with Gasteiger partial charge < -0.3 is 9.64 Å². The molecular formula is C17H15Cl2N3O2S. The number of nitrogens with zero attached hydrogens (tertiary/aromatic N) is 3. The molecule has 0 N–H and O–H groups in total. The van der Waals surface area contributed by atoms with Gasteiger partial charge in [-0.25, -0.2) is 4.98 Å². The van der Waals surface area contributed by atoms with E-state index in [1.165, 1.54) is 17.4 Å². The first-order valence-electron chi connectivity index (χ1n) is 7.47. The molecule has 0 radical (unpaired) electrons. The number of hydrogen-bond acceptors (Lipinski definition) is 4. The van der Waals surface area contributed by atoms with Gasteiger partial charge in [-0.1, -0.05) is 23.2 Å². The first-order chi connectivity index (χ1) is 12.0. The molecule has 130 valence electrons. The van der Waals surface area contributed by atoms with E-state index < -0.39 is 0 Å². The molecule has 3 rings (SSSR count). The van der Waals surface area contributed by atoms with Crippen LogP contribution in [0.4, 0.5) is 0 Å². The van der Waals surface area contributed by atoms with Gasteiger partial charge in [0.25, 0.3) is 0 Å². The van der Waals surface area contributed by atoms with Gasteiger partial charge in [-0.2, -0.15) is 0 Å². The van der Waals surface area contributed by atoms with Gasteiger partial charge in [0, 0.05) is 29.7 Å². The Labute approximate surface area is 159 Å². The third-order valence-electron chi connectivity index (χ3n) is 3.52. The Balaban J connectivity index is 1.54. The zero-order valence-corrected chi connectivity index (χ0v) is 15.7. The van der Waals surface area contributed by atoms with Crippen LogP contribution in [0.5, 0.6) is 5.75 Å². The lowest BCUT2D eigenvalue weighted by Gasteiger charge is -2.15. The molecule has 0 saturated heterocycles. The van der Waals surface area contributed by atoms with E-state index in [4.69, 9.17) is 27.9 Å². The molecule has 25 heavy (non-hydrogen) atoms. The van der Waals surface area contributed by atoms with Crippen LogP contribution in [-0.2, 0) is 4.79 Å². The normalized spacial score (nSPS) is 11.3. The molecule has 1 aromatic carbocycles. The van der Waals surface area contributed by atoms with E-state index in [9.17, 15) is 4.79 Å². The van der Waals surface area contributed by atoms with Crippen LogP contribution in [-0.4, -0.2) is 40.4 Å². The van der Waals surface area contributed by atoms with Crippen molar-refractivity contribution in [3.05, 3.63) is 57.8 Å². The molecule has 3 aromatic rings. The Bertz CT molecular complexity index is 902. The number of rotatable bonds is 6. The van der Waals surface area contributed by atoms with Crippen LogP contribution in [0.15, 0.2) is 41.9 Å². The molecule has 2 heterocycles. The Morgan fingerprint density at radius 2 is 2.12 bits per heavy atom. The second-order valence-electron chi connectivity index (χ2n) is 5.24. The Morgan fingerprint density at radius 1 is 1.36 bits per heavy atom. The van der Waals surface area contributed by atoms with E-state index in [-0.39, 0.29) is 5.91 Å². The molecule has 0 aliphatic rings. The number of imidazole rings is 1. The monoisotopic (exact) mass is 395 g/mol. The zero-order valence-electron chi connectivity index (χ0n) is 13.4. The van der Waals surface area contributed by atoms with E-state index in [1.54, 1.807) is 42.3 Å². The summed E-state index contributed by atoms with van der Waals surface area (Å²) in [5.74, 6) is 0.577. The molecule has 0 atom stereocenters. The van der Waals surface area contributed by atoms with Gasteiger partial charge in [0.05, 0.1) is 12.2 Å². The minimum absolute atomic E-state index is 0.138. The summed E-state index contributed by atoms with van der Waals surface area (Å²) in [5.41, 5.74) is 0.692. The predicted molar refractivity (Wildman–Crippen MR) is 102 cm³/mol. The number of hydrogen-bond donors (Lipinski definition) is 0. The number of amides is 1. The second kappa shape index (κ2) is 7.91. The van der Waals surface area contributed by atoms with Crippen LogP contribution in [0.1, 0.15) is 5.69 Å². The summed E-state index contributed by atoms with van der Waals surface area (Å²) in [4.78, 5) is 18.8. The molecular weight excluding hydrogens is 381 g/mol. The van der Waals surface area contributed by atoms with E-state index in [0.717, 1.165) is 4.96 Å². The number of aromatic nitrogens is 2. The summed E-state index contributed by atoms with van der Waals surface area (Å²) in [6.07, 6.45) is 5.02. The Morgan fingerprint density at radius 3 is 2.88 bits per heavy atom.